The van der Waals surface area contributed by atoms with Crippen LogP contribution in [0.5, 0.6) is 5.75 Å². The van der Waals surface area contributed by atoms with Crippen molar-refractivity contribution in [1.82, 2.24) is 15.1 Å². The van der Waals surface area contributed by atoms with Crippen molar-refractivity contribution in [3.8, 4) is 5.75 Å². The Morgan fingerprint density at radius 2 is 1.94 bits per heavy atom. The normalized spacial score (nSPS) is 28.4. The average molecular weight is 472 g/mol. The minimum absolute atomic E-state index is 0.0172. The molecule has 1 aromatic rings. The van der Waals surface area contributed by atoms with Gasteiger partial charge >= 0.3 is 0 Å². The number of amides is 2. The van der Waals surface area contributed by atoms with Crippen molar-refractivity contribution in [1.29, 1.82) is 0 Å². The van der Waals surface area contributed by atoms with E-state index in [0.29, 0.717) is 37.6 Å². The van der Waals surface area contributed by atoms with Gasteiger partial charge in [0.2, 0.25) is 11.8 Å². The lowest BCUT2D eigenvalue weighted by Gasteiger charge is -2.41. The minimum atomic E-state index is -0.973. The van der Waals surface area contributed by atoms with Gasteiger partial charge in [-0.1, -0.05) is 18.2 Å². The molecule has 2 aliphatic heterocycles. The first-order valence-corrected chi connectivity index (χ1v) is 12.2. The lowest BCUT2D eigenvalue weighted by atomic mass is 9.77. The predicted octanol–water partition coefficient (Wildman–Crippen LogP) is -0.120. The van der Waals surface area contributed by atoms with E-state index in [1.807, 2.05) is 24.3 Å². The first kappa shape index (κ1) is 23.3. The number of nitrogens with zero attached hydrogens (tertiary/aromatic N) is 2. The molecule has 3 N–H and O–H groups in total. The quantitative estimate of drug-likeness (QED) is 0.485. The number of rotatable bonds is 8. The molecule has 9 nitrogen and oxygen atoms in total. The number of carbonyl (C=O) groups is 2. The molecule has 4 atom stereocenters. The maximum atomic E-state index is 13.3. The monoisotopic (exact) mass is 471 g/mol. The van der Waals surface area contributed by atoms with Gasteiger partial charge in [0, 0.05) is 49.8 Å². The SMILES string of the molecule is O=C(NCCO)C1=CC(N(CCN2CCOCC2)C(=O)C2CC2)C(O)C2Oc3ccccc3C12. The number of hydrogen-bond donors (Lipinski definition) is 3. The highest BCUT2D eigenvalue weighted by Gasteiger charge is 2.51. The van der Waals surface area contributed by atoms with Crippen LogP contribution < -0.4 is 10.1 Å². The molecule has 2 fully saturated rings. The molecule has 184 valence electrons. The fourth-order valence-corrected chi connectivity index (χ4v) is 5.24. The van der Waals surface area contributed by atoms with Crippen LogP contribution in [0.4, 0.5) is 0 Å². The molecule has 1 saturated carbocycles. The first-order valence-electron chi connectivity index (χ1n) is 12.2. The van der Waals surface area contributed by atoms with Crippen LogP contribution in [0.2, 0.25) is 0 Å². The second-order valence-corrected chi connectivity index (χ2v) is 9.44. The minimum Gasteiger partial charge on any atom is -0.486 e. The molecule has 9 heteroatoms. The van der Waals surface area contributed by atoms with Crippen LogP contribution in [-0.2, 0) is 14.3 Å². The second kappa shape index (κ2) is 10.0. The van der Waals surface area contributed by atoms with Crippen LogP contribution >= 0.6 is 0 Å². The van der Waals surface area contributed by atoms with E-state index < -0.39 is 24.2 Å². The van der Waals surface area contributed by atoms with Gasteiger partial charge in [0.1, 0.15) is 18.0 Å². The van der Waals surface area contributed by atoms with E-state index >= 15 is 0 Å². The third-order valence-corrected chi connectivity index (χ3v) is 7.21. The van der Waals surface area contributed by atoms with Gasteiger partial charge in [0.25, 0.3) is 0 Å². The van der Waals surface area contributed by atoms with Crippen molar-refractivity contribution in [3.05, 3.63) is 41.5 Å². The smallest absolute Gasteiger partial charge is 0.247 e. The van der Waals surface area contributed by atoms with Gasteiger partial charge in [-0.15, -0.1) is 0 Å². The van der Waals surface area contributed by atoms with E-state index in [4.69, 9.17) is 9.47 Å². The number of ether oxygens (including phenoxy) is 2. The summed E-state index contributed by atoms with van der Waals surface area (Å²) in [6.45, 7) is 4.08. The van der Waals surface area contributed by atoms with Crippen molar-refractivity contribution in [2.24, 2.45) is 5.92 Å². The first-order chi connectivity index (χ1) is 16.6. The van der Waals surface area contributed by atoms with Gasteiger partial charge in [-0.25, -0.2) is 0 Å². The number of nitrogens with one attached hydrogen (secondary N) is 1. The highest BCUT2D eigenvalue weighted by Crippen LogP contribution is 2.47. The Bertz CT molecular complexity index is 942. The molecule has 5 rings (SSSR count). The van der Waals surface area contributed by atoms with Gasteiger partial charge in [0.15, 0.2) is 0 Å². The van der Waals surface area contributed by atoms with E-state index in [2.05, 4.69) is 10.2 Å². The predicted molar refractivity (Wildman–Crippen MR) is 123 cm³/mol. The Morgan fingerprint density at radius 1 is 1.18 bits per heavy atom. The number of hydrogen-bond acceptors (Lipinski definition) is 7. The summed E-state index contributed by atoms with van der Waals surface area (Å²) in [6.07, 6.45) is 1.83. The summed E-state index contributed by atoms with van der Waals surface area (Å²) in [5.41, 5.74) is 1.32. The molecule has 4 aliphatic rings. The number of carbonyl (C=O) groups excluding carboxylic acids is 2. The molecule has 34 heavy (non-hydrogen) atoms. The number of morpholine rings is 1. The highest BCUT2D eigenvalue weighted by atomic mass is 16.5. The summed E-state index contributed by atoms with van der Waals surface area (Å²) in [6, 6.07) is 6.83. The summed E-state index contributed by atoms with van der Waals surface area (Å²) in [7, 11) is 0. The summed E-state index contributed by atoms with van der Waals surface area (Å²) in [4.78, 5) is 30.5. The topological polar surface area (TPSA) is 112 Å². The van der Waals surface area contributed by atoms with E-state index in [1.54, 1.807) is 11.0 Å². The van der Waals surface area contributed by atoms with Crippen LogP contribution in [0.25, 0.3) is 0 Å². The number of para-hydroxylation sites is 1. The van der Waals surface area contributed by atoms with Crippen LogP contribution in [0.15, 0.2) is 35.9 Å². The number of aliphatic hydroxyl groups excluding tert-OH is 2. The standard InChI is InChI=1S/C25H33N3O6/c29-12-7-26-24(31)18-15-19(22(30)23-21(18)17-3-1-2-4-20(17)34-23)28(25(32)16-5-6-16)9-8-27-10-13-33-14-11-27/h1-4,15-16,19,21-23,29-30H,5-14H2,(H,26,31). The van der Waals surface area contributed by atoms with Crippen molar-refractivity contribution in [2.75, 3.05) is 52.5 Å². The van der Waals surface area contributed by atoms with Gasteiger partial charge in [0.05, 0.1) is 31.8 Å². The van der Waals surface area contributed by atoms with Gasteiger partial charge < -0.3 is 29.9 Å². The zero-order chi connectivity index (χ0) is 23.7. The van der Waals surface area contributed by atoms with Crippen molar-refractivity contribution in [3.63, 3.8) is 0 Å². The molecule has 1 saturated heterocycles. The largest absolute Gasteiger partial charge is 0.486 e. The molecule has 2 amide bonds. The zero-order valence-electron chi connectivity index (χ0n) is 19.3. The fourth-order valence-electron chi connectivity index (χ4n) is 5.24. The molecular formula is C25H33N3O6. The van der Waals surface area contributed by atoms with Crippen molar-refractivity contribution < 1.29 is 29.3 Å². The number of aliphatic hydroxyl groups is 2. The molecule has 0 aromatic heterocycles. The zero-order valence-corrected chi connectivity index (χ0v) is 19.3. The third-order valence-electron chi connectivity index (χ3n) is 7.21. The van der Waals surface area contributed by atoms with Gasteiger partial charge in [-0.3, -0.25) is 14.5 Å². The number of benzene rings is 1. The molecule has 0 bridgehead atoms. The molecule has 0 spiro atoms. The summed E-state index contributed by atoms with van der Waals surface area (Å²) in [5, 5.41) is 23.4. The maximum absolute atomic E-state index is 13.3. The maximum Gasteiger partial charge on any atom is 0.247 e. The molecule has 0 radical (unpaired) electrons. The highest BCUT2D eigenvalue weighted by molar-refractivity contribution is 5.96. The van der Waals surface area contributed by atoms with Crippen LogP contribution in [0, 0.1) is 5.92 Å². The summed E-state index contributed by atoms with van der Waals surface area (Å²) >= 11 is 0. The van der Waals surface area contributed by atoms with E-state index in [0.717, 1.165) is 31.5 Å². The van der Waals surface area contributed by atoms with E-state index in [-0.39, 0.29) is 30.9 Å². The van der Waals surface area contributed by atoms with Crippen molar-refractivity contribution in [2.45, 2.75) is 37.0 Å². The molecule has 2 aliphatic carbocycles. The lowest BCUT2D eigenvalue weighted by molar-refractivity contribution is -0.139. The van der Waals surface area contributed by atoms with Crippen LogP contribution in [0.1, 0.15) is 24.3 Å². The Hall–Kier alpha value is -2.46. The van der Waals surface area contributed by atoms with Crippen LogP contribution in [0.3, 0.4) is 0 Å². The Morgan fingerprint density at radius 3 is 2.68 bits per heavy atom. The molecule has 2 heterocycles. The Labute approximate surface area is 199 Å². The van der Waals surface area contributed by atoms with Gasteiger partial charge in [-0.05, 0) is 25.0 Å². The molecule has 4 unspecified atom stereocenters. The summed E-state index contributed by atoms with van der Waals surface area (Å²) < 4.78 is 11.6. The third kappa shape index (κ3) is 4.57. The van der Waals surface area contributed by atoms with Crippen molar-refractivity contribution >= 4 is 11.8 Å². The molecule has 1 aromatic carbocycles. The Balaban J connectivity index is 1.46. The fraction of sp³-hybridized carbons (Fsp3) is 0.600. The second-order valence-electron chi connectivity index (χ2n) is 9.44. The average Bonchev–Trinajstić information content (AvgIpc) is 3.64. The Kier molecular flexibility index (Phi) is 6.87. The summed E-state index contributed by atoms with van der Waals surface area (Å²) in [5.74, 6) is -0.0908. The van der Waals surface area contributed by atoms with E-state index in [1.165, 1.54) is 0 Å². The lowest BCUT2D eigenvalue weighted by Crippen LogP contribution is -2.57. The van der Waals surface area contributed by atoms with Gasteiger partial charge in [-0.2, -0.15) is 0 Å². The number of fused-ring (bicyclic) bond motifs is 3. The van der Waals surface area contributed by atoms with Crippen LogP contribution in [-0.4, -0.2) is 103 Å². The van der Waals surface area contributed by atoms with E-state index in [9.17, 15) is 19.8 Å². The molecular weight excluding hydrogens is 438 g/mol.